The minimum Gasteiger partial charge on any atom is -0.493 e. The molecule has 0 bridgehead atoms. The molecule has 6 nitrogen and oxygen atoms in total. The van der Waals surface area contributed by atoms with E-state index in [4.69, 9.17) is 9.15 Å². The molecule has 1 aromatic carbocycles. The van der Waals surface area contributed by atoms with Gasteiger partial charge >= 0.3 is 5.97 Å². The largest absolute Gasteiger partial charge is 0.493 e. The molecule has 2 aromatic rings. The van der Waals surface area contributed by atoms with Crippen molar-refractivity contribution in [1.29, 1.82) is 0 Å². The second kappa shape index (κ2) is 6.63. The molecular weight excluding hydrogens is 322 g/mol. The molecule has 3 rings (SSSR count). The molecule has 1 aliphatic rings. The van der Waals surface area contributed by atoms with Gasteiger partial charge in [-0.2, -0.15) is 0 Å². The number of carboxylic acid groups (broad SMARTS) is 1. The lowest BCUT2D eigenvalue weighted by molar-refractivity contribution is -0.139. The number of amides is 1. The number of rotatable bonds is 5. The van der Waals surface area contributed by atoms with Gasteiger partial charge < -0.3 is 19.6 Å². The maximum Gasteiger partial charge on any atom is 0.330 e. The Bertz CT molecular complexity index is 821. The normalized spacial score (nSPS) is 14.1. The predicted octanol–water partition coefficient (Wildman–Crippen LogP) is 3.20. The zero-order valence-electron chi connectivity index (χ0n) is 14.5. The molecule has 132 valence electrons. The van der Waals surface area contributed by atoms with Crippen LogP contribution in [0.2, 0.25) is 0 Å². The van der Waals surface area contributed by atoms with Gasteiger partial charge in [-0.15, -0.1) is 0 Å². The summed E-state index contributed by atoms with van der Waals surface area (Å²) in [4.78, 5) is 24.3. The summed E-state index contributed by atoms with van der Waals surface area (Å²) >= 11 is 0. The molecule has 1 atom stereocenters. The lowest BCUT2D eigenvalue weighted by Gasteiger charge is -2.15. The Labute approximate surface area is 145 Å². The van der Waals surface area contributed by atoms with E-state index in [1.165, 1.54) is 0 Å². The average molecular weight is 343 g/mol. The van der Waals surface area contributed by atoms with Crippen molar-refractivity contribution in [3.63, 3.8) is 0 Å². The van der Waals surface area contributed by atoms with Crippen molar-refractivity contribution in [3.8, 4) is 5.75 Å². The number of aliphatic carboxylic acids is 1. The highest BCUT2D eigenvalue weighted by Gasteiger charge is 2.26. The molecule has 0 saturated carbocycles. The number of furan rings is 1. The minimum absolute atomic E-state index is 0.146. The quantitative estimate of drug-likeness (QED) is 0.870. The Balaban J connectivity index is 1.85. The van der Waals surface area contributed by atoms with E-state index < -0.39 is 17.9 Å². The third-order valence-corrected chi connectivity index (χ3v) is 4.32. The highest BCUT2D eigenvalue weighted by molar-refractivity contribution is 5.97. The molecule has 2 heterocycles. The number of carbonyl (C=O) groups is 2. The first-order valence-electron chi connectivity index (χ1n) is 8.26. The van der Waals surface area contributed by atoms with Gasteiger partial charge in [0.25, 0.3) is 5.91 Å². The maximum absolute atomic E-state index is 12.6. The van der Waals surface area contributed by atoms with E-state index in [0.717, 1.165) is 17.7 Å². The second-order valence-corrected chi connectivity index (χ2v) is 6.48. The van der Waals surface area contributed by atoms with Crippen LogP contribution in [0.15, 0.2) is 28.7 Å². The summed E-state index contributed by atoms with van der Waals surface area (Å²) in [5.41, 5.74) is 1.84. The van der Waals surface area contributed by atoms with Crippen LogP contribution in [-0.2, 0) is 11.2 Å². The first-order chi connectivity index (χ1) is 11.9. The van der Waals surface area contributed by atoms with Crippen LogP contribution in [-0.4, -0.2) is 23.6 Å². The summed E-state index contributed by atoms with van der Waals surface area (Å²) in [6.45, 7) is 6.22. The molecule has 0 radical (unpaired) electrons. The van der Waals surface area contributed by atoms with E-state index in [0.29, 0.717) is 29.3 Å². The van der Waals surface area contributed by atoms with E-state index in [9.17, 15) is 14.7 Å². The number of aryl methyl sites for hydroxylation is 1. The van der Waals surface area contributed by atoms with Crippen LogP contribution in [0.5, 0.6) is 5.75 Å². The first kappa shape index (κ1) is 17.1. The predicted molar refractivity (Wildman–Crippen MR) is 91.0 cm³/mol. The lowest BCUT2D eigenvalue weighted by atomic mass is 10.0. The topological polar surface area (TPSA) is 88.8 Å². The molecule has 25 heavy (non-hydrogen) atoms. The van der Waals surface area contributed by atoms with Crippen LogP contribution in [0.4, 0.5) is 0 Å². The van der Waals surface area contributed by atoms with Crippen LogP contribution in [0.25, 0.3) is 0 Å². The molecule has 0 fully saturated rings. The summed E-state index contributed by atoms with van der Waals surface area (Å²) in [5, 5.41) is 12.2. The summed E-state index contributed by atoms with van der Waals surface area (Å²) in [7, 11) is 0. The fourth-order valence-electron chi connectivity index (χ4n) is 2.90. The zero-order valence-corrected chi connectivity index (χ0v) is 14.5. The van der Waals surface area contributed by atoms with Crippen molar-refractivity contribution in [2.45, 2.75) is 39.2 Å². The van der Waals surface area contributed by atoms with Gasteiger partial charge in [-0.25, -0.2) is 4.79 Å². The highest BCUT2D eigenvalue weighted by Crippen LogP contribution is 2.29. The van der Waals surface area contributed by atoms with E-state index in [2.05, 4.69) is 5.32 Å². The fraction of sp³-hybridized carbons (Fsp3) is 0.368. The van der Waals surface area contributed by atoms with Crippen molar-refractivity contribution in [2.75, 3.05) is 6.61 Å². The first-order valence-corrected chi connectivity index (χ1v) is 8.26. The third kappa shape index (κ3) is 3.38. The minimum atomic E-state index is -1.13. The molecule has 1 amide bonds. The number of fused-ring (bicyclic) bond motifs is 1. The second-order valence-electron chi connectivity index (χ2n) is 6.48. The molecule has 1 aliphatic heterocycles. The molecule has 1 aromatic heterocycles. The zero-order chi connectivity index (χ0) is 18.1. The number of nitrogens with one attached hydrogen (secondary N) is 1. The van der Waals surface area contributed by atoms with Crippen LogP contribution in [0.1, 0.15) is 58.8 Å². The Morgan fingerprint density at radius 3 is 2.64 bits per heavy atom. The van der Waals surface area contributed by atoms with E-state index in [1.54, 1.807) is 31.2 Å². The maximum atomic E-state index is 12.6. The van der Waals surface area contributed by atoms with Crippen molar-refractivity contribution in [3.05, 3.63) is 52.5 Å². The molecule has 0 saturated heterocycles. The van der Waals surface area contributed by atoms with Crippen LogP contribution < -0.4 is 10.1 Å². The number of hydrogen-bond donors (Lipinski definition) is 2. The van der Waals surface area contributed by atoms with E-state index >= 15 is 0 Å². The van der Waals surface area contributed by atoms with Crippen molar-refractivity contribution >= 4 is 11.9 Å². The standard InChI is InChI=1S/C19H21NO5/c1-10(2)16-9-14(11(3)25-16)18(21)20-17(19(22)23)13-4-5-15-12(8-13)6-7-24-15/h4-5,8-10,17H,6-7H2,1-3H3,(H,20,21)(H,22,23). The Hall–Kier alpha value is -2.76. The smallest absolute Gasteiger partial charge is 0.330 e. The van der Waals surface area contributed by atoms with Crippen LogP contribution in [0, 0.1) is 6.92 Å². The summed E-state index contributed by atoms with van der Waals surface area (Å²) < 4.78 is 11.0. The molecule has 2 N–H and O–H groups in total. The summed E-state index contributed by atoms with van der Waals surface area (Å²) in [5.74, 6) is 0.519. The van der Waals surface area contributed by atoms with Gasteiger partial charge in [0.05, 0.1) is 12.2 Å². The lowest BCUT2D eigenvalue weighted by Crippen LogP contribution is -2.33. The number of ether oxygens (including phenoxy) is 1. The monoisotopic (exact) mass is 343 g/mol. The third-order valence-electron chi connectivity index (χ3n) is 4.32. The van der Waals surface area contributed by atoms with Crippen LogP contribution in [0.3, 0.4) is 0 Å². The number of benzene rings is 1. The molecule has 1 unspecified atom stereocenters. The van der Waals surface area contributed by atoms with Gasteiger partial charge in [0.2, 0.25) is 0 Å². The highest BCUT2D eigenvalue weighted by atomic mass is 16.5. The van der Waals surface area contributed by atoms with Crippen molar-refractivity contribution in [1.82, 2.24) is 5.32 Å². The number of hydrogen-bond acceptors (Lipinski definition) is 4. The van der Waals surface area contributed by atoms with Gasteiger partial charge in [0.15, 0.2) is 6.04 Å². The van der Waals surface area contributed by atoms with Crippen LogP contribution >= 0.6 is 0 Å². The number of carbonyl (C=O) groups excluding carboxylic acids is 1. The Kier molecular flexibility index (Phi) is 4.53. The Morgan fingerprint density at radius 2 is 2.00 bits per heavy atom. The fourth-order valence-corrected chi connectivity index (χ4v) is 2.90. The molecule has 0 aliphatic carbocycles. The van der Waals surface area contributed by atoms with Gasteiger partial charge in [-0.1, -0.05) is 19.9 Å². The van der Waals surface area contributed by atoms with Crippen molar-refractivity contribution < 1.29 is 23.8 Å². The summed E-state index contributed by atoms with van der Waals surface area (Å²) in [6, 6.07) is 5.74. The molecular formula is C19H21NO5. The Morgan fingerprint density at radius 1 is 1.24 bits per heavy atom. The van der Waals surface area contributed by atoms with Gasteiger partial charge in [-0.3, -0.25) is 4.79 Å². The summed E-state index contributed by atoms with van der Waals surface area (Å²) in [6.07, 6.45) is 0.738. The molecule has 6 heteroatoms. The van der Waals surface area contributed by atoms with E-state index in [1.807, 2.05) is 13.8 Å². The molecule has 0 spiro atoms. The number of carboxylic acids is 1. The van der Waals surface area contributed by atoms with Gasteiger partial charge in [0.1, 0.15) is 17.3 Å². The van der Waals surface area contributed by atoms with Crippen molar-refractivity contribution in [2.24, 2.45) is 0 Å². The average Bonchev–Trinajstić information content (AvgIpc) is 3.17. The van der Waals surface area contributed by atoms with Gasteiger partial charge in [0, 0.05) is 12.3 Å². The SMILES string of the molecule is Cc1oc(C(C)C)cc1C(=O)NC(C(=O)O)c1ccc2c(c1)CCO2. The van der Waals surface area contributed by atoms with E-state index in [-0.39, 0.29) is 5.92 Å². The van der Waals surface area contributed by atoms with Gasteiger partial charge in [-0.05, 0) is 36.2 Å².